The predicted octanol–water partition coefficient (Wildman–Crippen LogP) is 1.92. The Morgan fingerprint density at radius 2 is 2.22 bits per heavy atom. The van der Waals surface area contributed by atoms with Gasteiger partial charge >= 0.3 is 0 Å². The van der Waals surface area contributed by atoms with Gasteiger partial charge in [-0.15, -0.1) is 0 Å². The summed E-state index contributed by atoms with van der Waals surface area (Å²) in [5, 5.41) is 7.04. The highest BCUT2D eigenvalue weighted by Gasteiger charge is 2.09. The SMILES string of the molecule is CCCc1c(N)ncnc1NCc1cc(C)no1. The van der Waals surface area contributed by atoms with Gasteiger partial charge in [-0.25, -0.2) is 9.97 Å². The van der Waals surface area contributed by atoms with E-state index < -0.39 is 0 Å². The minimum absolute atomic E-state index is 0.531. The molecule has 96 valence electrons. The van der Waals surface area contributed by atoms with Crippen LogP contribution in [0.1, 0.15) is 30.4 Å². The maximum absolute atomic E-state index is 5.85. The largest absolute Gasteiger partial charge is 0.383 e. The van der Waals surface area contributed by atoms with Crippen LogP contribution in [0, 0.1) is 6.92 Å². The summed E-state index contributed by atoms with van der Waals surface area (Å²) in [7, 11) is 0. The highest BCUT2D eigenvalue weighted by Crippen LogP contribution is 2.19. The minimum Gasteiger partial charge on any atom is -0.383 e. The van der Waals surface area contributed by atoms with Crippen LogP contribution in [0.2, 0.25) is 0 Å². The normalized spacial score (nSPS) is 10.6. The van der Waals surface area contributed by atoms with Gasteiger partial charge in [0.05, 0.1) is 12.2 Å². The van der Waals surface area contributed by atoms with E-state index >= 15 is 0 Å². The van der Waals surface area contributed by atoms with E-state index in [0.717, 1.165) is 35.7 Å². The van der Waals surface area contributed by atoms with Crippen molar-refractivity contribution >= 4 is 11.6 Å². The lowest BCUT2D eigenvalue weighted by molar-refractivity contribution is 0.384. The van der Waals surface area contributed by atoms with Crippen LogP contribution in [0.15, 0.2) is 16.9 Å². The van der Waals surface area contributed by atoms with E-state index in [0.29, 0.717) is 12.4 Å². The lowest BCUT2D eigenvalue weighted by Gasteiger charge is -2.10. The Hall–Kier alpha value is -2.11. The van der Waals surface area contributed by atoms with E-state index in [4.69, 9.17) is 10.3 Å². The molecule has 6 heteroatoms. The monoisotopic (exact) mass is 247 g/mol. The summed E-state index contributed by atoms with van der Waals surface area (Å²) in [6, 6.07) is 1.89. The zero-order valence-electron chi connectivity index (χ0n) is 10.6. The molecular weight excluding hydrogens is 230 g/mol. The number of hydrogen-bond donors (Lipinski definition) is 2. The summed E-state index contributed by atoms with van der Waals surface area (Å²) in [5.41, 5.74) is 7.67. The molecular formula is C12H17N5O. The Bertz CT molecular complexity index is 523. The van der Waals surface area contributed by atoms with Crippen LogP contribution in [-0.2, 0) is 13.0 Å². The molecule has 18 heavy (non-hydrogen) atoms. The van der Waals surface area contributed by atoms with Crippen molar-refractivity contribution in [1.29, 1.82) is 0 Å². The highest BCUT2D eigenvalue weighted by atomic mass is 16.5. The van der Waals surface area contributed by atoms with E-state index in [9.17, 15) is 0 Å². The molecule has 0 bridgehead atoms. The number of hydrogen-bond acceptors (Lipinski definition) is 6. The molecule has 0 aromatic carbocycles. The van der Waals surface area contributed by atoms with Gasteiger partial charge < -0.3 is 15.6 Å². The van der Waals surface area contributed by atoms with Crippen LogP contribution in [0.25, 0.3) is 0 Å². The lowest BCUT2D eigenvalue weighted by atomic mass is 10.1. The molecule has 2 aromatic heterocycles. The van der Waals surface area contributed by atoms with E-state index in [1.807, 2.05) is 13.0 Å². The second-order valence-electron chi connectivity index (χ2n) is 4.12. The van der Waals surface area contributed by atoms with Crippen LogP contribution >= 0.6 is 0 Å². The lowest BCUT2D eigenvalue weighted by Crippen LogP contribution is -2.08. The molecule has 0 spiro atoms. The Balaban J connectivity index is 2.11. The zero-order chi connectivity index (χ0) is 13.0. The Kier molecular flexibility index (Phi) is 3.76. The number of rotatable bonds is 5. The quantitative estimate of drug-likeness (QED) is 0.839. The number of aryl methyl sites for hydroxylation is 1. The maximum Gasteiger partial charge on any atom is 0.156 e. The Labute approximate surface area is 106 Å². The molecule has 2 aromatic rings. The van der Waals surface area contributed by atoms with Gasteiger partial charge in [0.15, 0.2) is 5.76 Å². The van der Waals surface area contributed by atoms with E-state index in [1.165, 1.54) is 6.33 Å². The number of aromatic nitrogens is 3. The van der Waals surface area contributed by atoms with Crippen LogP contribution in [0.3, 0.4) is 0 Å². The minimum atomic E-state index is 0.531. The van der Waals surface area contributed by atoms with E-state index in [1.54, 1.807) is 0 Å². The van der Waals surface area contributed by atoms with Crippen LogP contribution in [-0.4, -0.2) is 15.1 Å². The summed E-state index contributed by atoms with van der Waals surface area (Å²) in [6.45, 7) is 4.52. The van der Waals surface area contributed by atoms with Gasteiger partial charge in [-0.1, -0.05) is 18.5 Å². The standard InChI is InChI=1S/C12H17N5O/c1-3-4-10-11(13)15-7-16-12(10)14-6-9-5-8(2)17-18-9/h5,7H,3-4,6H2,1-2H3,(H3,13,14,15,16). The molecule has 0 aliphatic carbocycles. The van der Waals surface area contributed by atoms with Gasteiger partial charge in [0, 0.05) is 11.6 Å². The molecule has 2 rings (SSSR count). The number of nitrogen functional groups attached to an aromatic ring is 1. The van der Waals surface area contributed by atoms with Gasteiger partial charge in [0.1, 0.15) is 18.0 Å². The zero-order valence-corrected chi connectivity index (χ0v) is 10.6. The third-order valence-electron chi connectivity index (χ3n) is 2.59. The first-order valence-electron chi connectivity index (χ1n) is 5.96. The number of nitrogens with two attached hydrogens (primary N) is 1. The molecule has 0 saturated carbocycles. The molecule has 0 unspecified atom stereocenters. The molecule has 0 saturated heterocycles. The first-order chi connectivity index (χ1) is 8.70. The fraction of sp³-hybridized carbons (Fsp3) is 0.417. The third kappa shape index (κ3) is 2.77. The van der Waals surface area contributed by atoms with Gasteiger partial charge in [-0.05, 0) is 13.3 Å². The van der Waals surface area contributed by atoms with Gasteiger partial charge in [-0.3, -0.25) is 0 Å². The highest BCUT2D eigenvalue weighted by molar-refractivity contribution is 5.54. The van der Waals surface area contributed by atoms with Crippen molar-refractivity contribution in [2.75, 3.05) is 11.1 Å². The summed E-state index contributed by atoms with van der Waals surface area (Å²) >= 11 is 0. The molecule has 0 amide bonds. The molecule has 0 aliphatic heterocycles. The molecule has 0 atom stereocenters. The van der Waals surface area contributed by atoms with Crippen molar-refractivity contribution in [3.8, 4) is 0 Å². The van der Waals surface area contributed by atoms with Crippen molar-refractivity contribution in [3.63, 3.8) is 0 Å². The average Bonchev–Trinajstić information content (AvgIpc) is 2.76. The molecule has 0 aliphatic rings. The topological polar surface area (TPSA) is 89.9 Å². The van der Waals surface area contributed by atoms with Crippen molar-refractivity contribution in [3.05, 3.63) is 29.4 Å². The van der Waals surface area contributed by atoms with Crippen molar-refractivity contribution in [1.82, 2.24) is 15.1 Å². The molecule has 6 nitrogen and oxygen atoms in total. The number of anilines is 2. The fourth-order valence-corrected chi connectivity index (χ4v) is 1.75. The van der Waals surface area contributed by atoms with E-state index in [-0.39, 0.29) is 0 Å². The number of nitrogens with zero attached hydrogens (tertiary/aromatic N) is 3. The maximum atomic E-state index is 5.85. The van der Waals surface area contributed by atoms with Crippen LogP contribution in [0.5, 0.6) is 0 Å². The molecule has 2 heterocycles. The summed E-state index contributed by atoms with van der Waals surface area (Å²) < 4.78 is 5.13. The summed E-state index contributed by atoms with van der Waals surface area (Å²) in [4.78, 5) is 8.22. The first-order valence-corrected chi connectivity index (χ1v) is 5.96. The molecule has 0 fully saturated rings. The smallest absolute Gasteiger partial charge is 0.156 e. The Morgan fingerprint density at radius 1 is 1.39 bits per heavy atom. The summed E-state index contributed by atoms with van der Waals surface area (Å²) in [5.74, 6) is 2.06. The van der Waals surface area contributed by atoms with Crippen LogP contribution < -0.4 is 11.1 Å². The van der Waals surface area contributed by atoms with Gasteiger partial charge in [-0.2, -0.15) is 0 Å². The predicted molar refractivity (Wildman–Crippen MR) is 69.0 cm³/mol. The van der Waals surface area contributed by atoms with Crippen molar-refractivity contribution in [2.24, 2.45) is 0 Å². The van der Waals surface area contributed by atoms with E-state index in [2.05, 4.69) is 27.4 Å². The summed E-state index contributed by atoms with van der Waals surface area (Å²) in [6.07, 6.45) is 3.31. The first kappa shape index (κ1) is 12.3. The van der Waals surface area contributed by atoms with Crippen molar-refractivity contribution in [2.45, 2.75) is 33.2 Å². The average molecular weight is 247 g/mol. The molecule has 0 radical (unpaired) electrons. The van der Waals surface area contributed by atoms with Gasteiger partial charge in [0.2, 0.25) is 0 Å². The third-order valence-corrected chi connectivity index (χ3v) is 2.59. The molecule has 3 N–H and O–H groups in total. The number of nitrogens with one attached hydrogen (secondary N) is 1. The van der Waals surface area contributed by atoms with Gasteiger partial charge in [0.25, 0.3) is 0 Å². The van der Waals surface area contributed by atoms with Crippen molar-refractivity contribution < 1.29 is 4.52 Å². The fourth-order valence-electron chi connectivity index (χ4n) is 1.75. The van der Waals surface area contributed by atoms with Crippen LogP contribution in [0.4, 0.5) is 11.6 Å². The second-order valence-corrected chi connectivity index (χ2v) is 4.12. The second kappa shape index (κ2) is 5.48. The Morgan fingerprint density at radius 3 is 2.89 bits per heavy atom.